The van der Waals surface area contributed by atoms with E-state index in [1.807, 2.05) is 6.92 Å². The summed E-state index contributed by atoms with van der Waals surface area (Å²) >= 11 is 0. The first-order valence-corrected chi connectivity index (χ1v) is 8.66. The summed E-state index contributed by atoms with van der Waals surface area (Å²) in [4.78, 5) is 20.5. The van der Waals surface area contributed by atoms with Crippen LogP contribution in [0.5, 0.6) is 0 Å². The van der Waals surface area contributed by atoms with Crippen LogP contribution < -0.4 is 5.56 Å². The molecule has 1 N–H and O–H groups in total. The minimum atomic E-state index is -0.0895. The Morgan fingerprint density at radius 2 is 1.64 bits per heavy atom. The Kier molecular flexibility index (Phi) is 6.62. The third kappa shape index (κ3) is 4.97. The second-order valence-electron chi connectivity index (χ2n) is 6.12. The maximum Gasteiger partial charge on any atom is 0.274 e. The van der Waals surface area contributed by atoms with Crippen LogP contribution in [0.2, 0.25) is 0 Å². The molecule has 5 heteroatoms. The molecule has 0 fully saturated rings. The van der Waals surface area contributed by atoms with Crippen molar-refractivity contribution in [3.8, 4) is 0 Å². The molecule has 0 radical (unpaired) electrons. The van der Waals surface area contributed by atoms with Gasteiger partial charge in [0.15, 0.2) is 0 Å². The molecule has 2 aromatic heterocycles. The van der Waals surface area contributed by atoms with Gasteiger partial charge in [-0.2, -0.15) is 9.50 Å². The van der Waals surface area contributed by atoms with Crippen molar-refractivity contribution in [3.05, 3.63) is 27.9 Å². The van der Waals surface area contributed by atoms with E-state index in [1.165, 1.54) is 61.9 Å². The Balaban J connectivity index is 1.67. The lowest BCUT2D eigenvalue weighted by molar-refractivity contribution is 0.562. The third-order valence-electron chi connectivity index (χ3n) is 4.02. The fourth-order valence-corrected chi connectivity index (χ4v) is 2.75. The van der Waals surface area contributed by atoms with Gasteiger partial charge in [-0.25, -0.2) is 4.98 Å². The number of fused-ring (bicyclic) bond motifs is 1. The molecule has 0 amide bonds. The van der Waals surface area contributed by atoms with Gasteiger partial charge in [0.25, 0.3) is 11.3 Å². The highest BCUT2D eigenvalue weighted by Crippen LogP contribution is 2.10. The van der Waals surface area contributed by atoms with Crippen LogP contribution in [0.1, 0.15) is 76.2 Å². The molecular weight excluding hydrogens is 276 g/mol. The SMILES string of the molecule is CCCCCCCCCCCc1nc2nc(C)cc(=O)n2[nH]1. The molecule has 0 aliphatic rings. The molecule has 0 spiro atoms. The summed E-state index contributed by atoms with van der Waals surface area (Å²) in [5.74, 6) is 1.34. The summed E-state index contributed by atoms with van der Waals surface area (Å²) in [6.07, 6.45) is 12.7. The van der Waals surface area contributed by atoms with Crippen LogP contribution in [0.25, 0.3) is 5.78 Å². The maximum absolute atomic E-state index is 11.8. The monoisotopic (exact) mass is 304 g/mol. The van der Waals surface area contributed by atoms with Gasteiger partial charge in [-0.3, -0.25) is 9.89 Å². The highest BCUT2D eigenvalue weighted by molar-refractivity contribution is 5.27. The summed E-state index contributed by atoms with van der Waals surface area (Å²) in [6, 6.07) is 1.52. The van der Waals surface area contributed by atoms with Gasteiger partial charge in [-0.05, 0) is 13.3 Å². The third-order valence-corrected chi connectivity index (χ3v) is 4.02. The van der Waals surface area contributed by atoms with E-state index < -0.39 is 0 Å². The molecule has 0 unspecified atom stereocenters. The highest BCUT2D eigenvalue weighted by Gasteiger charge is 2.06. The van der Waals surface area contributed by atoms with Gasteiger partial charge in [0.05, 0.1) is 0 Å². The number of nitrogens with one attached hydrogen (secondary N) is 1. The predicted octanol–water partition coefficient (Wildman–Crippen LogP) is 3.80. The van der Waals surface area contributed by atoms with Crippen molar-refractivity contribution in [1.29, 1.82) is 0 Å². The quantitative estimate of drug-likeness (QED) is 0.679. The van der Waals surface area contributed by atoms with Gasteiger partial charge in [-0.1, -0.05) is 58.3 Å². The Morgan fingerprint density at radius 3 is 2.32 bits per heavy atom. The Bertz CT molecular complexity index is 629. The Labute approximate surface area is 132 Å². The lowest BCUT2D eigenvalue weighted by atomic mass is 10.1. The van der Waals surface area contributed by atoms with Crippen molar-refractivity contribution in [3.63, 3.8) is 0 Å². The largest absolute Gasteiger partial charge is 0.275 e. The fourth-order valence-electron chi connectivity index (χ4n) is 2.75. The van der Waals surface area contributed by atoms with E-state index in [0.717, 1.165) is 18.7 Å². The van der Waals surface area contributed by atoms with E-state index in [0.29, 0.717) is 11.5 Å². The van der Waals surface area contributed by atoms with E-state index >= 15 is 0 Å². The molecule has 0 saturated carbocycles. The zero-order chi connectivity index (χ0) is 15.8. The number of hydrogen-bond acceptors (Lipinski definition) is 3. The van der Waals surface area contributed by atoms with Crippen molar-refractivity contribution in [1.82, 2.24) is 19.6 Å². The number of aromatic amines is 1. The average Bonchev–Trinajstić information content (AvgIpc) is 2.88. The minimum absolute atomic E-state index is 0.0895. The van der Waals surface area contributed by atoms with Crippen molar-refractivity contribution in [2.75, 3.05) is 0 Å². The topological polar surface area (TPSA) is 63.1 Å². The molecule has 0 bridgehead atoms. The smallest absolute Gasteiger partial charge is 0.274 e. The lowest BCUT2D eigenvalue weighted by Crippen LogP contribution is -2.14. The van der Waals surface area contributed by atoms with Crippen molar-refractivity contribution >= 4 is 5.78 Å². The number of rotatable bonds is 10. The molecule has 2 heterocycles. The van der Waals surface area contributed by atoms with Crippen LogP contribution in [-0.2, 0) is 6.42 Å². The van der Waals surface area contributed by atoms with Crippen LogP contribution in [-0.4, -0.2) is 19.6 Å². The molecule has 0 aliphatic heterocycles. The number of aryl methyl sites for hydroxylation is 2. The molecule has 0 aliphatic carbocycles. The Hall–Kier alpha value is -1.65. The summed E-state index contributed by atoms with van der Waals surface area (Å²) in [6.45, 7) is 4.07. The van der Waals surface area contributed by atoms with E-state index in [1.54, 1.807) is 0 Å². The van der Waals surface area contributed by atoms with Gasteiger partial charge in [0, 0.05) is 18.2 Å². The number of unbranched alkanes of at least 4 members (excludes halogenated alkanes) is 8. The summed E-state index contributed by atoms with van der Waals surface area (Å²) in [5.41, 5.74) is 0.624. The number of hydrogen-bond donors (Lipinski definition) is 1. The first-order chi connectivity index (χ1) is 10.7. The second kappa shape index (κ2) is 8.71. The molecule has 2 aromatic rings. The van der Waals surface area contributed by atoms with Crippen LogP contribution in [0, 0.1) is 6.92 Å². The Morgan fingerprint density at radius 1 is 1.00 bits per heavy atom. The first-order valence-electron chi connectivity index (χ1n) is 8.66. The van der Waals surface area contributed by atoms with Gasteiger partial charge < -0.3 is 0 Å². The zero-order valence-electron chi connectivity index (χ0n) is 13.9. The molecule has 0 saturated heterocycles. The van der Waals surface area contributed by atoms with Crippen molar-refractivity contribution in [2.45, 2.75) is 78.1 Å². The number of H-pyrrole nitrogens is 1. The maximum atomic E-state index is 11.8. The summed E-state index contributed by atoms with van der Waals surface area (Å²) in [5, 5.41) is 3.05. The van der Waals surface area contributed by atoms with E-state index in [4.69, 9.17) is 0 Å². The second-order valence-corrected chi connectivity index (χ2v) is 6.12. The summed E-state index contributed by atoms with van der Waals surface area (Å²) < 4.78 is 1.43. The van der Waals surface area contributed by atoms with Gasteiger partial charge in [-0.15, -0.1) is 0 Å². The standard InChI is InChI=1S/C17H28N4O/c1-3-4-5-6-7-8-9-10-11-12-15-19-17-18-14(2)13-16(22)21(17)20-15/h13H,3-12H2,1-2H3,(H,18,19,20). The zero-order valence-corrected chi connectivity index (χ0v) is 13.9. The lowest BCUT2D eigenvalue weighted by Gasteiger charge is -2.01. The normalized spacial score (nSPS) is 11.4. The molecule has 0 atom stereocenters. The van der Waals surface area contributed by atoms with E-state index in [9.17, 15) is 4.79 Å². The van der Waals surface area contributed by atoms with Crippen molar-refractivity contribution < 1.29 is 0 Å². The van der Waals surface area contributed by atoms with Gasteiger partial charge >= 0.3 is 0 Å². The highest BCUT2D eigenvalue weighted by atomic mass is 16.1. The van der Waals surface area contributed by atoms with E-state index in [2.05, 4.69) is 22.0 Å². The minimum Gasteiger partial charge on any atom is -0.275 e. The summed E-state index contributed by atoms with van der Waals surface area (Å²) in [7, 11) is 0. The van der Waals surface area contributed by atoms with Crippen LogP contribution in [0.4, 0.5) is 0 Å². The molecule has 122 valence electrons. The number of aromatic nitrogens is 4. The van der Waals surface area contributed by atoms with Crippen LogP contribution in [0.3, 0.4) is 0 Å². The van der Waals surface area contributed by atoms with Crippen molar-refractivity contribution in [2.24, 2.45) is 0 Å². The van der Waals surface area contributed by atoms with Gasteiger partial charge in [0.1, 0.15) is 5.82 Å². The van der Waals surface area contributed by atoms with Gasteiger partial charge in [0.2, 0.25) is 0 Å². The van der Waals surface area contributed by atoms with Crippen LogP contribution >= 0.6 is 0 Å². The van der Waals surface area contributed by atoms with E-state index in [-0.39, 0.29) is 5.56 Å². The fraction of sp³-hybridized carbons (Fsp3) is 0.706. The van der Waals surface area contributed by atoms with Crippen LogP contribution in [0.15, 0.2) is 10.9 Å². The molecular formula is C17H28N4O. The molecule has 2 rings (SSSR count). The molecule has 0 aromatic carbocycles. The average molecular weight is 304 g/mol. The molecule has 5 nitrogen and oxygen atoms in total. The predicted molar refractivity (Wildman–Crippen MR) is 89.3 cm³/mol. The molecule has 22 heavy (non-hydrogen) atoms. The first kappa shape index (κ1) is 16.7. The number of nitrogens with zero attached hydrogens (tertiary/aromatic N) is 3.